The molecular formula is C25H26N6O3. The highest BCUT2D eigenvalue weighted by Crippen LogP contribution is 2.30. The average molecular weight is 459 g/mol. The zero-order chi connectivity index (χ0) is 23.5. The van der Waals surface area contributed by atoms with Crippen molar-refractivity contribution in [2.24, 2.45) is 0 Å². The van der Waals surface area contributed by atoms with E-state index in [0.717, 1.165) is 60.0 Å². The van der Waals surface area contributed by atoms with Crippen LogP contribution >= 0.6 is 0 Å². The molecule has 5 rings (SSSR count). The Hall–Kier alpha value is -4.14. The first-order valence-electron chi connectivity index (χ1n) is 11.1. The first-order chi connectivity index (χ1) is 16.7. The van der Waals surface area contributed by atoms with Gasteiger partial charge >= 0.3 is 5.97 Å². The third-order valence-electron chi connectivity index (χ3n) is 6.12. The monoisotopic (exact) mass is 458 g/mol. The molecule has 1 fully saturated rings. The van der Waals surface area contributed by atoms with Crippen LogP contribution in [0.5, 0.6) is 5.75 Å². The van der Waals surface area contributed by atoms with Gasteiger partial charge in [0.1, 0.15) is 17.9 Å². The minimum absolute atomic E-state index is 0.348. The van der Waals surface area contributed by atoms with Crippen LogP contribution in [0.15, 0.2) is 61.1 Å². The topological polar surface area (TPSA) is 85.6 Å². The predicted octanol–water partition coefficient (Wildman–Crippen LogP) is 3.00. The van der Waals surface area contributed by atoms with Crippen LogP contribution in [0.25, 0.3) is 11.0 Å². The second-order valence-electron chi connectivity index (χ2n) is 8.07. The van der Waals surface area contributed by atoms with Gasteiger partial charge in [-0.3, -0.25) is 0 Å². The maximum atomic E-state index is 11.7. The molecule has 3 heterocycles. The number of hydrogen-bond acceptors (Lipinski definition) is 8. The van der Waals surface area contributed by atoms with Crippen LogP contribution in [0.2, 0.25) is 0 Å². The Morgan fingerprint density at radius 2 is 1.68 bits per heavy atom. The number of aromatic nitrogens is 4. The number of fused-ring (bicyclic) bond motifs is 1. The van der Waals surface area contributed by atoms with Gasteiger partial charge in [-0.1, -0.05) is 24.3 Å². The Morgan fingerprint density at radius 3 is 2.41 bits per heavy atom. The maximum Gasteiger partial charge on any atom is 0.337 e. The Kier molecular flexibility index (Phi) is 5.99. The molecule has 34 heavy (non-hydrogen) atoms. The van der Waals surface area contributed by atoms with Crippen molar-refractivity contribution in [1.29, 1.82) is 0 Å². The fourth-order valence-corrected chi connectivity index (χ4v) is 4.34. The predicted molar refractivity (Wildman–Crippen MR) is 130 cm³/mol. The van der Waals surface area contributed by atoms with Gasteiger partial charge in [0.25, 0.3) is 0 Å². The summed E-state index contributed by atoms with van der Waals surface area (Å²) in [4.78, 5) is 25.4. The number of benzene rings is 2. The van der Waals surface area contributed by atoms with E-state index in [2.05, 4.69) is 30.9 Å². The molecule has 0 unspecified atom stereocenters. The van der Waals surface area contributed by atoms with Crippen LogP contribution in [-0.2, 0) is 11.3 Å². The number of carbonyl (C=O) groups excluding carboxylic acids is 1. The molecule has 1 saturated heterocycles. The molecule has 9 nitrogen and oxygen atoms in total. The van der Waals surface area contributed by atoms with Gasteiger partial charge in [0.15, 0.2) is 5.65 Å². The molecule has 2 aromatic heterocycles. The lowest BCUT2D eigenvalue weighted by Gasteiger charge is -2.37. The van der Waals surface area contributed by atoms with Crippen molar-refractivity contribution >= 4 is 28.5 Å². The number of para-hydroxylation sites is 2. The quantitative estimate of drug-likeness (QED) is 0.408. The highest BCUT2D eigenvalue weighted by Gasteiger charge is 2.23. The van der Waals surface area contributed by atoms with E-state index in [1.54, 1.807) is 25.6 Å². The molecule has 0 amide bonds. The number of anilines is 2. The van der Waals surface area contributed by atoms with Gasteiger partial charge in [-0.2, -0.15) is 5.10 Å². The van der Waals surface area contributed by atoms with Crippen LogP contribution in [0.1, 0.15) is 15.9 Å². The van der Waals surface area contributed by atoms with E-state index in [4.69, 9.17) is 9.47 Å². The number of carbonyl (C=O) groups is 1. The van der Waals surface area contributed by atoms with E-state index in [-0.39, 0.29) is 5.97 Å². The van der Waals surface area contributed by atoms with E-state index in [1.165, 1.54) is 7.11 Å². The molecule has 4 aromatic rings. The van der Waals surface area contributed by atoms with E-state index in [0.29, 0.717) is 12.1 Å². The summed E-state index contributed by atoms with van der Waals surface area (Å²) in [6, 6.07) is 15.4. The normalized spacial score (nSPS) is 13.8. The minimum Gasteiger partial charge on any atom is -0.495 e. The Balaban J connectivity index is 1.32. The summed E-state index contributed by atoms with van der Waals surface area (Å²) < 4.78 is 12.2. The van der Waals surface area contributed by atoms with Gasteiger partial charge in [-0.15, -0.1) is 0 Å². The summed E-state index contributed by atoms with van der Waals surface area (Å²) in [5, 5.41) is 5.50. The van der Waals surface area contributed by atoms with Crippen LogP contribution in [0.3, 0.4) is 0 Å². The van der Waals surface area contributed by atoms with Gasteiger partial charge in [-0.25, -0.2) is 19.4 Å². The molecule has 0 aliphatic carbocycles. The highest BCUT2D eigenvalue weighted by atomic mass is 16.5. The van der Waals surface area contributed by atoms with Gasteiger partial charge < -0.3 is 19.3 Å². The first kappa shape index (κ1) is 21.7. The SMILES string of the molecule is COC(=O)c1ccc(Cn2ncc3c(N4CCN(c5ccccc5OC)CC4)ncnc32)cc1. The molecule has 0 saturated carbocycles. The van der Waals surface area contributed by atoms with Crippen molar-refractivity contribution in [3.63, 3.8) is 0 Å². The smallest absolute Gasteiger partial charge is 0.337 e. The summed E-state index contributed by atoms with van der Waals surface area (Å²) in [7, 11) is 3.08. The molecule has 9 heteroatoms. The highest BCUT2D eigenvalue weighted by molar-refractivity contribution is 5.89. The number of hydrogen-bond donors (Lipinski definition) is 0. The molecule has 1 aliphatic heterocycles. The summed E-state index contributed by atoms with van der Waals surface area (Å²) in [5.74, 6) is 1.44. The van der Waals surface area contributed by atoms with Crippen molar-refractivity contribution in [1.82, 2.24) is 19.7 Å². The van der Waals surface area contributed by atoms with E-state index < -0.39 is 0 Å². The summed E-state index contributed by atoms with van der Waals surface area (Å²) in [6.07, 6.45) is 3.43. The number of ether oxygens (including phenoxy) is 2. The number of rotatable bonds is 6. The van der Waals surface area contributed by atoms with Gasteiger partial charge in [-0.05, 0) is 29.8 Å². The van der Waals surface area contributed by atoms with E-state index in [9.17, 15) is 4.79 Å². The molecule has 174 valence electrons. The third-order valence-corrected chi connectivity index (χ3v) is 6.12. The minimum atomic E-state index is -0.348. The van der Waals surface area contributed by atoms with Gasteiger partial charge in [0.2, 0.25) is 0 Å². The van der Waals surface area contributed by atoms with Gasteiger partial charge in [0, 0.05) is 26.2 Å². The molecule has 0 radical (unpaired) electrons. The largest absolute Gasteiger partial charge is 0.495 e. The molecule has 0 atom stereocenters. The zero-order valence-corrected chi connectivity index (χ0v) is 19.2. The van der Waals surface area contributed by atoms with Crippen LogP contribution < -0.4 is 14.5 Å². The Bertz CT molecular complexity index is 1300. The van der Waals surface area contributed by atoms with Gasteiger partial charge in [0.05, 0.1) is 43.6 Å². The van der Waals surface area contributed by atoms with Crippen molar-refractivity contribution in [3.05, 3.63) is 72.2 Å². The maximum absolute atomic E-state index is 11.7. The Morgan fingerprint density at radius 1 is 0.941 bits per heavy atom. The van der Waals surface area contributed by atoms with Crippen molar-refractivity contribution in [2.45, 2.75) is 6.54 Å². The summed E-state index contributed by atoms with van der Waals surface area (Å²) >= 11 is 0. The van der Waals surface area contributed by atoms with Crippen molar-refractivity contribution in [2.75, 3.05) is 50.2 Å². The van der Waals surface area contributed by atoms with Crippen LogP contribution in [0, 0.1) is 0 Å². The standard InChI is InChI=1S/C25H26N6O3/c1-33-22-6-4-3-5-21(22)29-11-13-30(14-12-29)23-20-15-28-31(24(20)27-17-26-23)16-18-7-9-19(10-8-18)25(32)34-2/h3-10,15,17H,11-14,16H2,1-2H3. The number of methoxy groups -OCH3 is 2. The van der Waals surface area contributed by atoms with E-state index >= 15 is 0 Å². The van der Waals surface area contributed by atoms with Crippen molar-refractivity contribution in [3.8, 4) is 5.75 Å². The summed E-state index contributed by atoms with van der Waals surface area (Å²) in [5.41, 5.74) is 3.44. The number of piperazine rings is 1. The fraction of sp³-hybridized carbons (Fsp3) is 0.280. The molecule has 1 aliphatic rings. The second kappa shape index (κ2) is 9.38. The Labute approximate surface area is 197 Å². The molecular weight excluding hydrogens is 432 g/mol. The zero-order valence-electron chi connectivity index (χ0n) is 19.2. The molecule has 0 bridgehead atoms. The lowest BCUT2D eigenvalue weighted by atomic mass is 10.1. The van der Waals surface area contributed by atoms with Crippen LogP contribution in [0.4, 0.5) is 11.5 Å². The third kappa shape index (κ3) is 4.12. The van der Waals surface area contributed by atoms with Crippen molar-refractivity contribution < 1.29 is 14.3 Å². The molecule has 2 aromatic carbocycles. The summed E-state index contributed by atoms with van der Waals surface area (Å²) in [6.45, 7) is 3.96. The fourth-order valence-electron chi connectivity index (χ4n) is 4.34. The number of esters is 1. The lowest BCUT2D eigenvalue weighted by molar-refractivity contribution is 0.0600. The molecule has 0 spiro atoms. The van der Waals surface area contributed by atoms with E-state index in [1.807, 2.05) is 41.2 Å². The first-order valence-corrected chi connectivity index (χ1v) is 11.1. The molecule has 0 N–H and O–H groups in total. The second-order valence-corrected chi connectivity index (χ2v) is 8.07. The van der Waals surface area contributed by atoms with Crippen LogP contribution in [-0.4, -0.2) is 66.1 Å². The average Bonchev–Trinajstić information content (AvgIpc) is 3.31. The number of nitrogens with zero attached hydrogens (tertiary/aromatic N) is 6. The lowest BCUT2D eigenvalue weighted by Crippen LogP contribution is -2.47.